The molecule has 6 heteroatoms. The Kier molecular flexibility index (Phi) is 4.04. The summed E-state index contributed by atoms with van der Waals surface area (Å²) in [4.78, 5) is 18.0. The van der Waals surface area contributed by atoms with Crippen LogP contribution in [0.4, 0.5) is 5.82 Å². The lowest BCUT2D eigenvalue weighted by Gasteiger charge is -2.23. The van der Waals surface area contributed by atoms with E-state index >= 15 is 0 Å². The number of pyridine rings is 1. The summed E-state index contributed by atoms with van der Waals surface area (Å²) in [5.74, 6) is 0.489. The smallest absolute Gasteiger partial charge is 0.255 e. The topological polar surface area (TPSA) is 54.5 Å². The summed E-state index contributed by atoms with van der Waals surface area (Å²) >= 11 is 6.02. The standard InChI is InChI=1S/C12H16ClN3O2/c1-14-11-10(13)5-8(6-15-11)12(17)16(2)9-3-4-18-7-9/h5-6,9H,3-4,7H2,1-2H3,(H,14,15). The predicted octanol–water partition coefficient (Wildman–Crippen LogP) is 1.64. The van der Waals surface area contributed by atoms with E-state index in [2.05, 4.69) is 10.3 Å². The van der Waals surface area contributed by atoms with Gasteiger partial charge < -0.3 is 15.0 Å². The molecule has 1 unspecified atom stereocenters. The SMILES string of the molecule is CNc1ncc(C(=O)N(C)C2CCOC2)cc1Cl. The van der Waals surface area contributed by atoms with Crippen molar-refractivity contribution in [2.75, 3.05) is 32.6 Å². The number of rotatable bonds is 3. The van der Waals surface area contributed by atoms with E-state index in [9.17, 15) is 4.79 Å². The second-order valence-corrected chi connectivity index (χ2v) is 4.65. The Morgan fingerprint density at radius 2 is 2.44 bits per heavy atom. The molecule has 0 aliphatic carbocycles. The first kappa shape index (κ1) is 13.1. The Morgan fingerprint density at radius 3 is 3.00 bits per heavy atom. The van der Waals surface area contributed by atoms with Gasteiger partial charge in [0.15, 0.2) is 0 Å². The number of hydrogen-bond acceptors (Lipinski definition) is 4. The lowest BCUT2D eigenvalue weighted by molar-refractivity contribution is 0.0711. The molecule has 1 aromatic heterocycles. The van der Waals surface area contributed by atoms with Crippen LogP contribution in [-0.2, 0) is 4.74 Å². The van der Waals surface area contributed by atoms with E-state index in [1.807, 2.05) is 0 Å². The van der Waals surface area contributed by atoms with Crippen molar-refractivity contribution in [2.24, 2.45) is 0 Å². The van der Waals surface area contributed by atoms with Gasteiger partial charge in [0.25, 0.3) is 5.91 Å². The summed E-state index contributed by atoms with van der Waals surface area (Å²) in [5.41, 5.74) is 0.494. The third-order valence-electron chi connectivity index (χ3n) is 3.10. The van der Waals surface area contributed by atoms with Gasteiger partial charge in [0.2, 0.25) is 0 Å². The Morgan fingerprint density at radius 1 is 1.67 bits per heavy atom. The fourth-order valence-corrected chi connectivity index (χ4v) is 2.20. The van der Waals surface area contributed by atoms with Crippen molar-refractivity contribution in [1.82, 2.24) is 9.88 Å². The molecule has 5 nitrogen and oxygen atoms in total. The molecule has 98 valence electrons. The molecule has 1 aliphatic heterocycles. The molecule has 1 saturated heterocycles. The third kappa shape index (κ3) is 2.57. The molecule has 2 rings (SSSR count). The zero-order valence-corrected chi connectivity index (χ0v) is 11.2. The molecule has 0 radical (unpaired) electrons. The maximum absolute atomic E-state index is 12.2. The summed E-state index contributed by atoms with van der Waals surface area (Å²) < 4.78 is 5.28. The maximum atomic E-state index is 12.2. The highest BCUT2D eigenvalue weighted by Crippen LogP contribution is 2.21. The number of hydrogen-bond donors (Lipinski definition) is 1. The summed E-state index contributed by atoms with van der Waals surface area (Å²) in [6, 6.07) is 1.77. The van der Waals surface area contributed by atoms with Gasteiger partial charge >= 0.3 is 0 Å². The minimum Gasteiger partial charge on any atom is -0.379 e. The Bertz CT molecular complexity index is 447. The van der Waals surface area contributed by atoms with Crippen LogP contribution in [0.15, 0.2) is 12.3 Å². The summed E-state index contributed by atoms with van der Waals surface area (Å²) in [5, 5.41) is 3.30. The fraction of sp³-hybridized carbons (Fsp3) is 0.500. The number of likely N-dealkylation sites (N-methyl/N-ethyl adjacent to an activating group) is 1. The first-order valence-electron chi connectivity index (χ1n) is 5.81. The first-order chi connectivity index (χ1) is 8.63. The van der Waals surface area contributed by atoms with Gasteiger partial charge in [-0.1, -0.05) is 11.6 Å². The number of halogens is 1. The molecular formula is C12H16ClN3O2. The molecule has 2 heterocycles. The molecule has 0 saturated carbocycles. The van der Waals surface area contributed by atoms with Crippen LogP contribution in [0.25, 0.3) is 0 Å². The number of ether oxygens (including phenoxy) is 1. The van der Waals surface area contributed by atoms with Crippen molar-refractivity contribution in [3.8, 4) is 0 Å². The molecule has 0 spiro atoms. The average Bonchev–Trinajstić information content (AvgIpc) is 2.90. The highest BCUT2D eigenvalue weighted by Gasteiger charge is 2.25. The third-order valence-corrected chi connectivity index (χ3v) is 3.39. The summed E-state index contributed by atoms with van der Waals surface area (Å²) in [7, 11) is 3.51. The number of anilines is 1. The van der Waals surface area contributed by atoms with E-state index < -0.39 is 0 Å². The molecule has 1 amide bonds. The number of carbonyl (C=O) groups excluding carboxylic acids is 1. The van der Waals surface area contributed by atoms with Crippen LogP contribution in [0, 0.1) is 0 Å². The van der Waals surface area contributed by atoms with Crippen molar-refractivity contribution < 1.29 is 9.53 Å². The minimum atomic E-state index is -0.0810. The van der Waals surface area contributed by atoms with Crippen LogP contribution < -0.4 is 5.32 Å². The summed E-state index contributed by atoms with van der Waals surface area (Å²) in [6.45, 7) is 1.30. The first-order valence-corrected chi connectivity index (χ1v) is 6.19. The van der Waals surface area contributed by atoms with E-state index in [1.54, 1.807) is 25.1 Å². The minimum absolute atomic E-state index is 0.0810. The number of aromatic nitrogens is 1. The van der Waals surface area contributed by atoms with Crippen LogP contribution >= 0.6 is 11.6 Å². The van der Waals surface area contributed by atoms with Gasteiger partial charge in [-0.05, 0) is 12.5 Å². The maximum Gasteiger partial charge on any atom is 0.255 e. The van der Waals surface area contributed by atoms with Crippen LogP contribution in [0.5, 0.6) is 0 Å². The van der Waals surface area contributed by atoms with Crippen LogP contribution in [0.2, 0.25) is 5.02 Å². The van der Waals surface area contributed by atoms with Crippen molar-refractivity contribution >= 4 is 23.3 Å². The zero-order chi connectivity index (χ0) is 13.1. The van der Waals surface area contributed by atoms with Gasteiger partial charge in [-0.3, -0.25) is 4.79 Å². The largest absolute Gasteiger partial charge is 0.379 e. The van der Waals surface area contributed by atoms with E-state index in [-0.39, 0.29) is 11.9 Å². The molecule has 1 N–H and O–H groups in total. The molecule has 1 aliphatic rings. The van der Waals surface area contributed by atoms with Gasteiger partial charge in [0.1, 0.15) is 5.82 Å². The van der Waals surface area contributed by atoms with Crippen molar-refractivity contribution in [1.29, 1.82) is 0 Å². The summed E-state index contributed by atoms with van der Waals surface area (Å²) in [6.07, 6.45) is 2.41. The Labute approximate surface area is 111 Å². The van der Waals surface area contributed by atoms with Gasteiger partial charge in [0, 0.05) is 26.9 Å². The lowest BCUT2D eigenvalue weighted by Crippen LogP contribution is -2.37. The van der Waals surface area contributed by atoms with Gasteiger partial charge in [-0.2, -0.15) is 0 Å². The lowest BCUT2D eigenvalue weighted by atomic mass is 10.2. The molecule has 0 aromatic carbocycles. The van der Waals surface area contributed by atoms with Crippen LogP contribution in [0.3, 0.4) is 0 Å². The van der Waals surface area contributed by atoms with E-state index in [4.69, 9.17) is 16.3 Å². The Hall–Kier alpha value is -1.33. The Balaban J connectivity index is 2.15. The van der Waals surface area contributed by atoms with Crippen molar-refractivity contribution in [3.63, 3.8) is 0 Å². The number of nitrogens with zero attached hydrogens (tertiary/aromatic N) is 2. The molecule has 1 fully saturated rings. The van der Waals surface area contributed by atoms with Crippen LogP contribution in [0.1, 0.15) is 16.8 Å². The fourth-order valence-electron chi connectivity index (χ4n) is 1.94. The van der Waals surface area contributed by atoms with Gasteiger partial charge in [-0.15, -0.1) is 0 Å². The highest BCUT2D eigenvalue weighted by molar-refractivity contribution is 6.33. The molecule has 0 bridgehead atoms. The van der Waals surface area contributed by atoms with E-state index in [0.717, 1.165) is 6.42 Å². The van der Waals surface area contributed by atoms with Crippen LogP contribution in [-0.4, -0.2) is 49.1 Å². The second-order valence-electron chi connectivity index (χ2n) is 4.24. The van der Waals surface area contributed by atoms with Gasteiger partial charge in [0.05, 0.1) is 23.2 Å². The number of nitrogens with one attached hydrogen (secondary N) is 1. The molecule has 1 atom stereocenters. The van der Waals surface area contributed by atoms with Gasteiger partial charge in [-0.25, -0.2) is 4.98 Å². The number of carbonyl (C=O) groups is 1. The molecule has 1 aromatic rings. The zero-order valence-electron chi connectivity index (χ0n) is 10.4. The highest BCUT2D eigenvalue weighted by atomic mass is 35.5. The monoisotopic (exact) mass is 269 g/mol. The van der Waals surface area contributed by atoms with Crippen molar-refractivity contribution in [2.45, 2.75) is 12.5 Å². The second kappa shape index (κ2) is 5.54. The predicted molar refractivity (Wildman–Crippen MR) is 70.1 cm³/mol. The van der Waals surface area contributed by atoms with E-state index in [1.165, 1.54) is 6.20 Å². The van der Waals surface area contributed by atoms with Crippen molar-refractivity contribution in [3.05, 3.63) is 22.8 Å². The average molecular weight is 270 g/mol. The quantitative estimate of drug-likeness (QED) is 0.906. The molecular weight excluding hydrogens is 254 g/mol. The normalized spacial score (nSPS) is 18.7. The molecule has 18 heavy (non-hydrogen) atoms. The van der Waals surface area contributed by atoms with E-state index in [0.29, 0.717) is 29.6 Å². The number of amides is 1.